The number of halogens is 3. The fourth-order valence-electron chi connectivity index (χ4n) is 3.62. The summed E-state index contributed by atoms with van der Waals surface area (Å²) in [4.78, 5) is 12.1. The zero-order chi connectivity index (χ0) is 24.1. The number of benzene rings is 1. The van der Waals surface area contributed by atoms with Crippen LogP contribution in [-0.4, -0.2) is 53.9 Å². The Balaban J connectivity index is 2.18. The molecule has 2 aliphatic heterocycles. The SMILES string of the molecule is CCCCP(CC(O)(C(=O)OC)C(F)(F)F)c1c2c(cc3c1OC(C)(C)O3)OC(C)(C)O2. The van der Waals surface area contributed by atoms with Crippen LogP contribution >= 0.6 is 7.92 Å². The van der Waals surface area contributed by atoms with Gasteiger partial charge in [0.05, 0.1) is 12.4 Å². The molecule has 180 valence electrons. The van der Waals surface area contributed by atoms with Crippen LogP contribution < -0.4 is 24.3 Å². The average molecular weight is 480 g/mol. The fourth-order valence-corrected chi connectivity index (χ4v) is 6.60. The molecule has 0 saturated carbocycles. The van der Waals surface area contributed by atoms with Crippen molar-refractivity contribution in [3.8, 4) is 23.0 Å². The van der Waals surface area contributed by atoms with Gasteiger partial charge in [0.2, 0.25) is 11.6 Å². The van der Waals surface area contributed by atoms with Crippen LogP contribution in [0.15, 0.2) is 6.07 Å². The summed E-state index contributed by atoms with van der Waals surface area (Å²) in [6, 6.07) is 1.58. The van der Waals surface area contributed by atoms with Crippen molar-refractivity contribution in [2.75, 3.05) is 19.4 Å². The minimum absolute atomic E-state index is 0.242. The highest BCUT2D eigenvalue weighted by molar-refractivity contribution is 7.66. The van der Waals surface area contributed by atoms with Gasteiger partial charge in [0.15, 0.2) is 23.0 Å². The molecule has 2 unspecified atom stereocenters. The number of hydrogen-bond acceptors (Lipinski definition) is 7. The van der Waals surface area contributed by atoms with Gasteiger partial charge in [-0.25, -0.2) is 4.79 Å². The second-order valence-electron chi connectivity index (χ2n) is 8.71. The van der Waals surface area contributed by atoms with Crippen molar-refractivity contribution in [3.63, 3.8) is 0 Å². The lowest BCUT2D eigenvalue weighted by atomic mass is 10.1. The van der Waals surface area contributed by atoms with Crippen molar-refractivity contribution in [1.29, 1.82) is 0 Å². The molecule has 11 heteroatoms. The van der Waals surface area contributed by atoms with E-state index in [2.05, 4.69) is 4.74 Å². The predicted molar refractivity (Wildman–Crippen MR) is 111 cm³/mol. The third kappa shape index (κ3) is 4.44. The van der Waals surface area contributed by atoms with Gasteiger partial charge in [-0.2, -0.15) is 13.2 Å². The van der Waals surface area contributed by atoms with Crippen LogP contribution in [0.2, 0.25) is 0 Å². The van der Waals surface area contributed by atoms with E-state index < -0.39 is 43.4 Å². The first-order valence-corrected chi connectivity index (χ1v) is 11.9. The van der Waals surface area contributed by atoms with Crippen molar-refractivity contribution in [2.45, 2.75) is 70.8 Å². The molecule has 1 N–H and O–H groups in total. The maximum atomic E-state index is 13.9. The molecular weight excluding hydrogens is 452 g/mol. The summed E-state index contributed by atoms with van der Waals surface area (Å²) in [6.45, 7) is 8.57. The number of fused-ring (bicyclic) bond motifs is 2. The standard InChI is InChI=1S/C21H28F3O7P/c1-7-8-9-32(11-20(26,17(25)27-6)21(22,23)24)16-14-12(28-18(2,3)30-14)10-13-15(16)31-19(4,5)29-13/h10,26H,7-9,11H2,1-6H3. The van der Waals surface area contributed by atoms with Crippen molar-refractivity contribution in [1.82, 2.24) is 0 Å². The Morgan fingerprint density at radius 2 is 1.56 bits per heavy atom. The second-order valence-corrected chi connectivity index (χ2v) is 11.0. The van der Waals surface area contributed by atoms with Gasteiger partial charge in [-0.05, 0) is 12.6 Å². The molecule has 0 fully saturated rings. The number of carbonyl (C=O) groups excluding carboxylic acids is 1. The average Bonchev–Trinajstić information content (AvgIpc) is 3.13. The highest BCUT2D eigenvalue weighted by Crippen LogP contribution is 2.57. The van der Waals surface area contributed by atoms with Crippen molar-refractivity contribution in [3.05, 3.63) is 6.07 Å². The van der Waals surface area contributed by atoms with E-state index in [-0.39, 0.29) is 17.7 Å². The summed E-state index contributed by atoms with van der Waals surface area (Å²) in [7, 11) is -1.01. The van der Waals surface area contributed by atoms with Gasteiger partial charge in [0.1, 0.15) is 0 Å². The molecule has 0 aliphatic carbocycles. The van der Waals surface area contributed by atoms with E-state index in [1.54, 1.807) is 33.8 Å². The number of alkyl halides is 3. The number of aliphatic hydroxyl groups is 1. The molecule has 3 rings (SSSR count). The number of rotatable bonds is 7. The van der Waals surface area contributed by atoms with Crippen molar-refractivity contribution >= 4 is 19.2 Å². The topological polar surface area (TPSA) is 83.5 Å². The summed E-state index contributed by atoms with van der Waals surface area (Å²) >= 11 is 0. The smallest absolute Gasteiger partial charge is 0.428 e. The van der Waals surface area contributed by atoms with Crippen LogP contribution in [0.1, 0.15) is 47.5 Å². The second kappa shape index (κ2) is 8.13. The van der Waals surface area contributed by atoms with E-state index in [9.17, 15) is 23.1 Å². The molecule has 0 spiro atoms. The van der Waals surface area contributed by atoms with Crippen LogP contribution in [0.5, 0.6) is 23.0 Å². The van der Waals surface area contributed by atoms with Gasteiger partial charge in [0.25, 0.3) is 5.60 Å². The van der Waals surface area contributed by atoms with E-state index in [0.29, 0.717) is 29.6 Å². The minimum Gasteiger partial charge on any atom is -0.467 e. The maximum absolute atomic E-state index is 13.9. The number of methoxy groups -OCH3 is 1. The molecular formula is C21H28F3O7P. The predicted octanol–water partition coefficient (Wildman–Crippen LogP) is 4.07. The minimum atomic E-state index is -5.23. The van der Waals surface area contributed by atoms with E-state index >= 15 is 0 Å². The highest BCUT2D eigenvalue weighted by Gasteiger charge is 2.62. The Morgan fingerprint density at radius 3 is 1.97 bits per heavy atom. The number of unbranched alkanes of at least 4 members (excludes halogenated alkanes) is 1. The van der Waals surface area contributed by atoms with Gasteiger partial charge in [-0.1, -0.05) is 21.3 Å². The summed E-state index contributed by atoms with van der Waals surface area (Å²) in [5, 5.41) is 10.9. The lowest BCUT2D eigenvalue weighted by Crippen LogP contribution is -2.55. The van der Waals surface area contributed by atoms with Crippen molar-refractivity contribution in [2.24, 2.45) is 0 Å². The first-order valence-electron chi connectivity index (χ1n) is 10.2. The third-order valence-corrected chi connectivity index (χ3v) is 7.79. The van der Waals surface area contributed by atoms with Crippen LogP contribution in [0.25, 0.3) is 0 Å². The molecule has 2 atom stereocenters. The summed E-state index contributed by atoms with van der Waals surface area (Å²) in [5.41, 5.74) is -3.68. The Hall–Kier alpha value is -1.93. The van der Waals surface area contributed by atoms with E-state index in [0.717, 1.165) is 7.11 Å². The molecule has 2 heterocycles. The maximum Gasteiger partial charge on any atom is 0.428 e. The molecule has 32 heavy (non-hydrogen) atoms. The lowest BCUT2D eigenvalue weighted by molar-refractivity contribution is -0.253. The quantitative estimate of drug-likeness (QED) is 0.465. The fraction of sp³-hybridized carbons (Fsp3) is 0.667. The van der Waals surface area contributed by atoms with Crippen molar-refractivity contribution < 1.29 is 46.8 Å². The molecule has 0 bridgehead atoms. The zero-order valence-electron chi connectivity index (χ0n) is 18.9. The van der Waals surface area contributed by atoms with Gasteiger partial charge in [-0.15, -0.1) is 0 Å². The molecule has 2 aliphatic rings. The normalized spacial score (nSPS) is 20.6. The third-order valence-electron chi connectivity index (χ3n) is 5.06. The number of ether oxygens (including phenoxy) is 5. The summed E-state index contributed by atoms with van der Waals surface area (Å²) < 4.78 is 69.5. The summed E-state index contributed by atoms with van der Waals surface area (Å²) in [5.74, 6) is -2.77. The largest absolute Gasteiger partial charge is 0.467 e. The highest BCUT2D eigenvalue weighted by atomic mass is 31.1. The molecule has 7 nitrogen and oxygen atoms in total. The summed E-state index contributed by atoms with van der Waals surface area (Å²) in [6.07, 6.45) is -4.59. The Kier molecular flexibility index (Phi) is 6.28. The molecule has 0 amide bonds. The lowest BCUT2D eigenvalue weighted by Gasteiger charge is -2.32. The van der Waals surface area contributed by atoms with E-state index in [1.165, 1.54) is 0 Å². The van der Waals surface area contributed by atoms with Crippen LogP contribution in [0.4, 0.5) is 13.2 Å². The Morgan fingerprint density at radius 1 is 1.06 bits per heavy atom. The van der Waals surface area contributed by atoms with Crippen LogP contribution in [0.3, 0.4) is 0 Å². The van der Waals surface area contributed by atoms with Gasteiger partial charge < -0.3 is 28.8 Å². The van der Waals surface area contributed by atoms with Crippen LogP contribution in [-0.2, 0) is 9.53 Å². The molecule has 0 saturated heterocycles. The van der Waals surface area contributed by atoms with E-state index in [1.807, 2.05) is 6.92 Å². The monoisotopic (exact) mass is 480 g/mol. The number of hydrogen-bond donors (Lipinski definition) is 1. The number of carbonyl (C=O) groups is 1. The van der Waals surface area contributed by atoms with Crippen LogP contribution in [0, 0.1) is 0 Å². The molecule has 0 aromatic heterocycles. The molecule has 1 aromatic carbocycles. The van der Waals surface area contributed by atoms with Gasteiger partial charge >= 0.3 is 12.1 Å². The van der Waals surface area contributed by atoms with Gasteiger partial charge in [0, 0.05) is 39.9 Å². The van der Waals surface area contributed by atoms with E-state index in [4.69, 9.17) is 18.9 Å². The molecule has 1 aromatic rings. The zero-order valence-corrected chi connectivity index (χ0v) is 19.8. The Labute approximate surface area is 185 Å². The first-order chi connectivity index (χ1) is 14.6. The van der Waals surface area contributed by atoms with Gasteiger partial charge in [-0.3, -0.25) is 0 Å². The Bertz CT molecular complexity index is 858. The first kappa shape index (κ1) is 24.7. The molecule has 0 radical (unpaired) electrons. The number of esters is 1.